The molecule has 0 aliphatic rings. The number of aromatic nitrogens is 1. The molecule has 0 fully saturated rings. The quantitative estimate of drug-likeness (QED) is 0.482. The molecular weight excluding hydrogens is 383 g/mol. The van der Waals surface area contributed by atoms with Crippen LogP contribution in [-0.4, -0.2) is 45.6 Å². The first kappa shape index (κ1) is 21.1. The fourth-order valence-electron chi connectivity index (χ4n) is 3.40. The number of fused-ring (bicyclic) bond motifs is 1. The van der Waals surface area contributed by atoms with Gasteiger partial charge in [0.1, 0.15) is 11.6 Å². The molecule has 1 N–H and O–H groups in total. The molecule has 0 saturated heterocycles. The second-order valence-corrected chi connectivity index (χ2v) is 6.49. The summed E-state index contributed by atoms with van der Waals surface area (Å²) >= 11 is 0. The molecule has 0 atom stereocenters. The van der Waals surface area contributed by atoms with E-state index in [2.05, 4.69) is 4.98 Å². The molecule has 1 aromatic heterocycles. The SMILES string of the molecule is Cc1c(-c2ccc(-c3ccccc3)c(F)c2)nc2ccc(F)cc2c1C(=O)O.[NaH]. The first-order chi connectivity index (χ1) is 13.5. The predicted molar refractivity (Wildman–Crippen MR) is 111 cm³/mol. The Morgan fingerprint density at radius 1 is 0.931 bits per heavy atom. The summed E-state index contributed by atoms with van der Waals surface area (Å²) in [6, 6.07) is 17.6. The van der Waals surface area contributed by atoms with Crippen molar-refractivity contribution in [1.29, 1.82) is 0 Å². The molecule has 0 unspecified atom stereocenters. The molecular formula is C23H16F2NNaO2. The van der Waals surface area contributed by atoms with E-state index in [4.69, 9.17) is 0 Å². The van der Waals surface area contributed by atoms with Gasteiger partial charge in [-0.25, -0.2) is 18.6 Å². The van der Waals surface area contributed by atoms with Crippen molar-refractivity contribution in [3.05, 3.63) is 89.5 Å². The molecule has 0 amide bonds. The van der Waals surface area contributed by atoms with Crippen LogP contribution in [0.4, 0.5) is 8.78 Å². The Bertz CT molecular complexity index is 1230. The van der Waals surface area contributed by atoms with Crippen molar-refractivity contribution in [3.63, 3.8) is 0 Å². The summed E-state index contributed by atoms with van der Waals surface area (Å²) in [5, 5.41) is 9.87. The molecule has 0 saturated carbocycles. The Morgan fingerprint density at radius 3 is 2.31 bits per heavy atom. The molecule has 0 bridgehead atoms. The van der Waals surface area contributed by atoms with E-state index in [9.17, 15) is 18.7 Å². The van der Waals surface area contributed by atoms with Crippen LogP contribution in [0.5, 0.6) is 0 Å². The zero-order chi connectivity index (χ0) is 19.8. The summed E-state index contributed by atoms with van der Waals surface area (Å²) < 4.78 is 28.4. The number of halogens is 2. The van der Waals surface area contributed by atoms with Crippen LogP contribution >= 0.6 is 0 Å². The van der Waals surface area contributed by atoms with Crippen molar-refractivity contribution in [2.45, 2.75) is 6.92 Å². The Morgan fingerprint density at radius 2 is 1.66 bits per heavy atom. The summed E-state index contributed by atoms with van der Waals surface area (Å²) in [4.78, 5) is 16.3. The van der Waals surface area contributed by atoms with E-state index in [1.165, 1.54) is 18.2 Å². The van der Waals surface area contributed by atoms with Gasteiger partial charge in [0, 0.05) is 16.5 Å². The average molecular weight is 399 g/mol. The maximum atomic E-state index is 14.8. The third-order valence-corrected chi connectivity index (χ3v) is 4.73. The van der Waals surface area contributed by atoms with E-state index in [-0.39, 0.29) is 40.5 Å². The van der Waals surface area contributed by atoms with Crippen molar-refractivity contribution < 1.29 is 18.7 Å². The topological polar surface area (TPSA) is 50.2 Å². The molecule has 0 aliphatic carbocycles. The summed E-state index contributed by atoms with van der Waals surface area (Å²) in [7, 11) is 0. The zero-order valence-corrected chi connectivity index (χ0v) is 14.9. The number of nitrogens with zero attached hydrogens (tertiary/aromatic N) is 1. The van der Waals surface area contributed by atoms with Gasteiger partial charge in [-0.1, -0.05) is 42.5 Å². The second kappa shape index (κ2) is 8.41. The third-order valence-electron chi connectivity index (χ3n) is 4.73. The van der Waals surface area contributed by atoms with Gasteiger partial charge in [0.2, 0.25) is 0 Å². The Kier molecular flexibility index (Phi) is 6.13. The third kappa shape index (κ3) is 3.94. The van der Waals surface area contributed by atoms with Crippen molar-refractivity contribution >= 4 is 46.4 Å². The Labute approximate surface area is 188 Å². The van der Waals surface area contributed by atoms with Crippen LogP contribution in [0.15, 0.2) is 66.7 Å². The molecule has 0 aliphatic heterocycles. The average Bonchev–Trinajstić information content (AvgIpc) is 2.67. The van der Waals surface area contributed by atoms with Crippen molar-refractivity contribution in [1.82, 2.24) is 4.98 Å². The van der Waals surface area contributed by atoms with Gasteiger partial charge in [-0.3, -0.25) is 0 Å². The fourth-order valence-corrected chi connectivity index (χ4v) is 3.40. The Balaban J connectivity index is 0.00000240. The molecule has 3 nitrogen and oxygen atoms in total. The van der Waals surface area contributed by atoms with Gasteiger partial charge in [0.15, 0.2) is 0 Å². The molecule has 29 heavy (non-hydrogen) atoms. The molecule has 3 aromatic carbocycles. The van der Waals surface area contributed by atoms with Gasteiger partial charge in [-0.05, 0) is 42.3 Å². The number of rotatable bonds is 3. The summed E-state index contributed by atoms with van der Waals surface area (Å²) in [6.07, 6.45) is 0. The van der Waals surface area contributed by atoms with Crippen molar-refractivity contribution in [3.8, 4) is 22.4 Å². The number of hydrogen-bond acceptors (Lipinski definition) is 2. The van der Waals surface area contributed by atoms with Crippen LogP contribution in [0.2, 0.25) is 0 Å². The molecule has 4 aromatic rings. The summed E-state index contributed by atoms with van der Waals surface area (Å²) in [5.74, 6) is -2.15. The molecule has 1 heterocycles. The molecule has 140 valence electrons. The van der Waals surface area contributed by atoms with Crippen LogP contribution < -0.4 is 0 Å². The van der Waals surface area contributed by atoms with E-state index in [0.29, 0.717) is 27.9 Å². The van der Waals surface area contributed by atoms with Crippen molar-refractivity contribution in [2.24, 2.45) is 0 Å². The van der Waals surface area contributed by atoms with Crippen LogP contribution in [0.25, 0.3) is 33.3 Å². The van der Waals surface area contributed by atoms with Crippen LogP contribution in [0.1, 0.15) is 15.9 Å². The molecule has 6 heteroatoms. The Hall–Kier alpha value is -2.60. The van der Waals surface area contributed by atoms with Gasteiger partial charge in [-0.15, -0.1) is 0 Å². The van der Waals surface area contributed by atoms with Crippen molar-refractivity contribution in [2.75, 3.05) is 0 Å². The maximum absolute atomic E-state index is 14.8. The normalized spacial score (nSPS) is 10.6. The van der Waals surface area contributed by atoms with E-state index < -0.39 is 17.6 Å². The van der Waals surface area contributed by atoms with Crippen LogP contribution in [0, 0.1) is 18.6 Å². The number of pyridine rings is 1. The number of benzene rings is 3. The van der Waals surface area contributed by atoms with E-state index >= 15 is 0 Å². The second-order valence-electron chi connectivity index (χ2n) is 6.49. The van der Waals surface area contributed by atoms with Gasteiger partial charge in [0.05, 0.1) is 16.8 Å². The van der Waals surface area contributed by atoms with Gasteiger partial charge in [-0.2, -0.15) is 0 Å². The number of carboxylic acids is 1. The van der Waals surface area contributed by atoms with E-state index in [0.717, 1.165) is 11.6 Å². The van der Waals surface area contributed by atoms with E-state index in [1.807, 2.05) is 30.3 Å². The molecule has 0 spiro atoms. The molecule has 4 rings (SSSR count). The first-order valence-corrected chi connectivity index (χ1v) is 8.64. The number of carbonyl (C=O) groups is 1. The van der Waals surface area contributed by atoms with Gasteiger partial charge < -0.3 is 5.11 Å². The predicted octanol–water partition coefficient (Wildman–Crippen LogP) is 5.21. The van der Waals surface area contributed by atoms with Gasteiger partial charge in [0.25, 0.3) is 0 Å². The monoisotopic (exact) mass is 399 g/mol. The zero-order valence-electron chi connectivity index (χ0n) is 14.9. The number of aromatic carboxylic acids is 1. The minimum atomic E-state index is -1.18. The standard InChI is InChI=1S/C23H15F2NO2.Na.H/c1-13-21(23(27)28)18-12-16(24)8-10-20(18)26-22(13)15-7-9-17(19(25)11-15)14-5-3-2-4-6-14;;/h2-12H,1H3,(H,27,28);;. The number of carboxylic acid groups (broad SMARTS) is 1. The van der Waals surface area contributed by atoms with E-state index in [1.54, 1.807) is 19.1 Å². The first-order valence-electron chi connectivity index (χ1n) is 8.64. The summed E-state index contributed by atoms with van der Waals surface area (Å²) in [5.41, 5.74) is 2.68. The number of hydrogen-bond donors (Lipinski definition) is 1. The van der Waals surface area contributed by atoms with Crippen LogP contribution in [-0.2, 0) is 0 Å². The fraction of sp³-hybridized carbons (Fsp3) is 0.0435. The van der Waals surface area contributed by atoms with Gasteiger partial charge >= 0.3 is 35.5 Å². The molecule has 0 radical (unpaired) electrons. The summed E-state index contributed by atoms with van der Waals surface area (Å²) in [6.45, 7) is 1.60. The van der Waals surface area contributed by atoms with Crippen LogP contribution in [0.3, 0.4) is 0 Å². The minimum absolute atomic E-state index is 0.